The van der Waals surface area contributed by atoms with Crippen molar-refractivity contribution in [1.82, 2.24) is 10.3 Å². The fourth-order valence-electron chi connectivity index (χ4n) is 2.60. The minimum atomic E-state index is 0.198. The molecule has 2 heterocycles. The van der Waals surface area contributed by atoms with Crippen LogP contribution in [0.3, 0.4) is 0 Å². The highest BCUT2D eigenvalue weighted by atomic mass is 35.5. The van der Waals surface area contributed by atoms with E-state index in [1.165, 1.54) is 12.8 Å². The summed E-state index contributed by atoms with van der Waals surface area (Å²) in [6.45, 7) is 10.7. The fourth-order valence-corrected chi connectivity index (χ4v) is 2.77. The van der Waals surface area contributed by atoms with E-state index >= 15 is 0 Å². The van der Waals surface area contributed by atoms with Gasteiger partial charge >= 0.3 is 0 Å². The van der Waals surface area contributed by atoms with Crippen LogP contribution >= 0.6 is 11.6 Å². The van der Waals surface area contributed by atoms with Crippen LogP contribution in [0.15, 0.2) is 12.3 Å². The Labute approximate surface area is 121 Å². The standard InChI is InChI=1S/C15H24ClN3/c1-11(2)17-9-12-8-14(18-10-13(12)16)19-7-5-6-15(19,3)4/h8,10-11,17H,5-7,9H2,1-4H3. The maximum atomic E-state index is 6.24. The number of halogens is 1. The minimum Gasteiger partial charge on any atom is -0.351 e. The highest BCUT2D eigenvalue weighted by Crippen LogP contribution is 2.33. The molecule has 19 heavy (non-hydrogen) atoms. The van der Waals surface area contributed by atoms with E-state index in [1.54, 1.807) is 6.20 Å². The smallest absolute Gasteiger partial charge is 0.129 e. The summed E-state index contributed by atoms with van der Waals surface area (Å²) in [7, 11) is 0. The molecule has 1 aliphatic heterocycles. The van der Waals surface area contributed by atoms with E-state index in [4.69, 9.17) is 11.6 Å². The number of nitrogens with zero attached hydrogens (tertiary/aromatic N) is 2. The van der Waals surface area contributed by atoms with Crippen molar-refractivity contribution in [1.29, 1.82) is 0 Å². The average molecular weight is 282 g/mol. The molecule has 1 aliphatic rings. The Balaban J connectivity index is 2.20. The Morgan fingerprint density at radius 3 is 2.79 bits per heavy atom. The molecule has 0 aliphatic carbocycles. The lowest BCUT2D eigenvalue weighted by Crippen LogP contribution is -2.38. The predicted molar refractivity (Wildman–Crippen MR) is 81.9 cm³/mol. The number of nitrogens with one attached hydrogen (secondary N) is 1. The summed E-state index contributed by atoms with van der Waals surface area (Å²) in [4.78, 5) is 6.90. The van der Waals surface area contributed by atoms with Crippen molar-refractivity contribution in [2.45, 2.75) is 58.7 Å². The molecule has 0 saturated carbocycles. The molecule has 0 bridgehead atoms. The second kappa shape index (κ2) is 5.68. The largest absolute Gasteiger partial charge is 0.351 e. The highest BCUT2D eigenvalue weighted by Gasteiger charge is 2.32. The Hall–Kier alpha value is -0.800. The highest BCUT2D eigenvalue weighted by molar-refractivity contribution is 6.31. The third-order valence-electron chi connectivity index (χ3n) is 3.80. The lowest BCUT2D eigenvalue weighted by atomic mass is 10.0. The number of rotatable bonds is 4. The third-order valence-corrected chi connectivity index (χ3v) is 4.14. The molecule has 1 fully saturated rings. The first-order valence-corrected chi connectivity index (χ1v) is 7.43. The first-order valence-electron chi connectivity index (χ1n) is 7.05. The number of hydrogen-bond donors (Lipinski definition) is 1. The zero-order valence-corrected chi connectivity index (χ0v) is 13.1. The number of aromatic nitrogens is 1. The molecule has 0 atom stereocenters. The summed E-state index contributed by atoms with van der Waals surface area (Å²) in [5.41, 5.74) is 1.33. The van der Waals surface area contributed by atoms with Gasteiger partial charge < -0.3 is 10.2 Å². The van der Waals surface area contributed by atoms with E-state index in [2.05, 4.69) is 49.0 Å². The van der Waals surface area contributed by atoms with E-state index in [-0.39, 0.29) is 5.54 Å². The molecule has 0 amide bonds. The van der Waals surface area contributed by atoms with E-state index < -0.39 is 0 Å². The molecule has 0 spiro atoms. The van der Waals surface area contributed by atoms with Crippen LogP contribution in [0.4, 0.5) is 5.82 Å². The van der Waals surface area contributed by atoms with Crippen molar-refractivity contribution in [3.63, 3.8) is 0 Å². The lowest BCUT2D eigenvalue weighted by Gasteiger charge is -2.33. The molecule has 0 radical (unpaired) electrons. The first-order chi connectivity index (χ1) is 8.90. The van der Waals surface area contributed by atoms with Crippen molar-refractivity contribution in [2.24, 2.45) is 0 Å². The summed E-state index contributed by atoms with van der Waals surface area (Å²) in [5, 5.41) is 4.15. The molecule has 0 unspecified atom stereocenters. The van der Waals surface area contributed by atoms with E-state index in [9.17, 15) is 0 Å². The van der Waals surface area contributed by atoms with Gasteiger partial charge in [-0.3, -0.25) is 0 Å². The Morgan fingerprint density at radius 2 is 2.21 bits per heavy atom. The zero-order valence-electron chi connectivity index (χ0n) is 12.3. The Morgan fingerprint density at radius 1 is 1.47 bits per heavy atom. The van der Waals surface area contributed by atoms with Gasteiger partial charge in [0, 0.05) is 30.9 Å². The van der Waals surface area contributed by atoms with Crippen molar-refractivity contribution in [3.05, 3.63) is 22.8 Å². The van der Waals surface area contributed by atoms with Gasteiger partial charge in [-0.25, -0.2) is 4.98 Å². The summed E-state index contributed by atoms with van der Waals surface area (Å²) < 4.78 is 0. The summed E-state index contributed by atoms with van der Waals surface area (Å²) >= 11 is 6.24. The summed E-state index contributed by atoms with van der Waals surface area (Å²) in [6.07, 6.45) is 4.23. The first kappa shape index (κ1) is 14.6. The Kier molecular flexibility index (Phi) is 4.36. The van der Waals surface area contributed by atoms with Crippen LogP contribution in [0.2, 0.25) is 5.02 Å². The van der Waals surface area contributed by atoms with Crippen molar-refractivity contribution in [3.8, 4) is 0 Å². The van der Waals surface area contributed by atoms with Gasteiger partial charge in [0.05, 0.1) is 5.02 Å². The minimum absolute atomic E-state index is 0.198. The molecule has 1 aromatic rings. The molecule has 3 nitrogen and oxygen atoms in total. The van der Waals surface area contributed by atoms with Gasteiger partial charge in [-0.1, -0.05) is 25.4 Å². The third kappa shape index (κ3) is 3.40. The average Bonchev–Trinajstić information content (AvgIpc) is 2.68. The van der Waals surface area contributed by atoms with Gasteiger partial charge in [-0.15, -0.1) is 0 Å². The van der Waals surface area contributed by atoms with Crippen molar-refractivity contribution in [2.75, 3.05) is 11.4 Å². The zero-order chi connectivity index (χ0) is 14.0. The molecule has 106 valence electrons. The molecule has 1 aromatic heterocycles. The number of anilines is 1. The van der Waals surface area contributed by atoms with Gasteiger partial charge in [0.15, 0.2) is 0 Å². The van der Waals surface area contributed by atoms with Crippen LogP contribution < -0.4 is 10.2 Å². The van der Waals surface area contributed by atoms with E-state index in [0.29, 0.717) is 6.04 Å². The predicted octanol–water partition coefficient (Wildman–Crippen LogP) is 3.61. The van der Waals surface area contributed by atoms with Crippen LogP contribution in [-0.2, 0) is 6.54 Å². The maximum absolute atomic E-state index is 6.24. The molecular weight excluding hydrogens is 258 g/mol. The fraction of sp³-hybridized carbons (Fsp3) is 0.667. The lowest BCUT2D eigenvalue weighted by molar-refractivity contribution is 0.514. The van der Waals surface area contributed by atoms with Gasteiger partial charge in [0.25, 0.3) is 0 Å². The summed E-state index contributed by atoms with van der Waals surface area (Å²) in [5.74, 6) is 1.05. The van der Waals surface area contributed by atoms with Crippen molar-refractivity contribution >= 4 is 17.4 Å². The number of pyridine rings is 1. The molecule has 2 rings (SSSR count). The van der Waals surface area contributed by atoms with Crippen LogP contribution in [0.5, 0.6) is 0 Å². The van der Waals surface area contributed by atoms with Crippen LogP contribution in [-0.4, -0.2) is 23.1 Å². The molecule has 4 heteroatoms. The molecule has 0 aromatic carbocycles. The van der Waals surface area contributed by atoms with Crippen LogP contribution in [0, 0.1) is 0 Å². The van der Waals surface area contributed by atoms with E-state index in [0.717, 1.165) is 29.5 Å². The Bertz CT molecular complexity index is 443. The van der Waals surface area contributed by atoms with Gasteiger partial charge in [-0.05, 0) is 38.3 Å². The van der Waals surface area contributed by atoms with Gasteiger partial charge in [0.2, 0.25) is 0 Å². The van der Waals surface area contributed by atoms with Crippen LogP contribution in [0.25, 0.3) is 0 Å². The monoisotopic (exact) mass is 281 g/mol. The van der Waals surface area contributed by atoms with Gasteiger partial charge in [0.1, 0.15) is 5.82 Å². The SMILES string of the molecule is CC(C)NCc1cc(N2CCCC2(C)C)ncc1Cl. The number of hydrogen-bond acceptors (Lipinski definition) is 3. The van der Waals surface area contributed by atoms with E-state index in [1.807, 2.05) is 0 Å². The normalized spacial score (nSPS) is 18.3. The molecular formula is C15H24ClN3. The summed E-state index contributed by atoms with van der Waals surface area (Å²) in [6, 6.07) is 2.58. The molecule has 1 N–H and O–H groups in total. The maximum Gasteiger partial charge on any atom is 0.129 e. The second-order valence-electron chi connectivity index (χ2n) is 6.24. The molecule has 1 saturated heterocycles. The second-order valence-corrected chi connectivity index (χ2v) is 6.64. The van der Waals surface area contributed by atoms with Gasteiger partial charge in [-0.2, -0.15) is 0 Å². The topological polar surface area (TPSA) is 28.2 Å². The van der Waals surface area contributed by atoms with Crippen LogP contribution in [0.1, 0.15) is 46.1 Å². The van der Waals surface area contributed by atoms with Crippen molar-refractivity contribution < 1.29 is 0 Å². The quantitative estimate of drug-likeness (QED) is 0.914.